The van der Waals surface area contributed by atoms with Gasteiger partial charge in [0, 0.05) is 28.8 Å². The van der Waals surface area contributed by atoms with Crippen molar-refractivity contribution in [2.75, 3.05) is 11.1 Å². The van der Waals surface area contributed by atoms with Crippen LogP contribution in [0, 0.1) is 12.7 Å². The van der Waals surface area contributed by atoms with Crippen molar-refractivity contribution in [3.8, 4) is 17.1 Å². The van der Waals surface area contributed by atoms with Crippen molar-refractivity contribution in [1.29, 1.82) is 0 Å². The summed E-state index contributed by atoms with van der Waals surface area (Å²) in [6.07, 6.45) is 1.65. The van der Waals surface area contributed by atoms with E-state index >= 15 is 0 Å². The molecule has 0 radical (unpaired) electrons. The summed E-state index contributed by atoms with van der Waals surface area (Å²) in [7, 11) is 0. The molecule has 2 aromatic heterocycles. The minimum absolute atomic E-state index is 0.156. The molecule has 0 unspecified atom stereocenters. The first-order valence-electron chi connectivity index (χ1n) is 9.22. The van der Waals surface area contributed by atoms with Gasteiger partial charge in [-0.05, 0) is 55.5 Å². The predicted octanol–water partition coefficient (Wildman–Crippen LogP) is 4.51. The van der Waals surface area contributed by atoms with E-state index in [9.17, 15) is 9.18 Å². The van der Waals surface area contributed by atoms with Gasteiger partial charge in [-0.3, -0.25) is 14.3 Å². The number of nitrogens with zero attached hydrogens (tertiary/aromatic N) is 4. The maximum atomic E-state index is 13.3. The van der Waals surface area contributed by atoms with E-state index in [0.717, 1.165) is 16.9 Å². The molecule has 150 valence electrons. The number of hydrogen-bond acceptors (Lipinski definition) is 5. The van der Waals surface area contributed by atoms with Crippen molar-refractivity contribution in [3.05, 3.63) is 84.4 Å². The average molecular weight is 419 g/mol. The number of carbonyl (C=O) groups is 1. The van der Waals surface area contributed by atoms with Crippen molar-refractivity contribution in [2.24, 2.45) is 0 Å². The monoisotopic (exact) mass is 419 g/mol. The van der Waals surface area contributed by atoms with E-state index in [-0.39, 0.29) is 17.5 Å². The zero-order valence-corrected chi connectivity index (χ0v) is 16.9. The lowest BCUT2D eigenvalue weighted by atomic mass is 10.2. The lowest BCUT2D eigenvalue weighted by Crippen LogP contribution is -2.14. The van der Waals surface area contributed by atoms with Crippen LogP contribution in [0.3, 0.4) is 0 Å². The average Bonchev–Trinajstić information content (AvgIpc) is 3.17. The fourth-order valence-corrected chi connectivity index (χ4v) is 3.66. The van der Waals surface area contributed by atoms with Crippen LogP contribution in [0.5, 0.6) is 0 Å². The summed E-state index contributed by atoms with van der Waals surface area (Å²) in [4.78, 5) is 16.5. The van der Waals surface area contributed by atoms with Gasteiger partial charge in [-0.2, -0.15) is 0 Å². The number of hydrogen-bond donors (Lipinski definition) is 1. The van der Waals surface area contributed by atoms with Gasteiger partial charge in [0.15, 0.2) is 11.0 Å². The first-order chi connectivity index (χ1) is 14.6. The summed E-state index contributed by atoms with van der Waals surface area (Å²) in [5.41, 5.74) is 3.11. The van der Waals surface area contributed by atoms with Crippen molar-refractivity contribution >= 4 is 23.4 Å². The molecule has 0 aliphatic heterocycles. The number of benzene rings is 2. The summed E-state index contributed by atoms with van der Waals surface area (Å²) >= 11 is 1.28. The normalized spacial score (nSPS) is 10.7. The number of para-hydroxylation sites is 1. The Labute approximate surface area is 177 Å². The van der Waals surface area contributed by atoms with Gasteiger partial charge in [-0.25, -0.2) is 4.39 Å². The van der Waals surface area contributed by atoms with Crippen LogP contribution < -0.4 is 5.32 Å². The lowest BCUT2D eigenvalue weighted by molar-refractivity contribution is -0.113. The molecule has 0 atom stereocenters. The molecule has 8 heteroatoms. The van der Waals surface area contributed by atoms with E-state index in [0.29, 0.717) is 16.7 Å². The second-order valence-corrected chi connectivity index (χ2v) is 7.45. The van der Waals surface area contributed by atoms with Gasteiger partial charge < -0.3 is 5.32 Å². The largest absolute Gasteiger partial charge is 0.325 e. The Morgan fingerprint density at radius 1 is 1.07 bits per heavy atom. The number of pyridine rings is 1. The van der Waals surface area contributed by atoms with E-state index in [2.05, 4.69) is 20.5 Å². The Hall–Kier alpha value is -3.52. The molecule has 0 bridgehead atoms. The molecule has 0 saturated carbocycles. The molecule has 0 aliphatic rings. The summed E-state index contributed by atoms with van der Waals surface area (Å²) in [6.45, 7) is 1.86. The van der Waals surface area contributed by atoms with E-state index in [4.69, 9.17) is 0 Å². The molecular formula is C22H18FN5OS. The Morgan fingerprint density at radius 2 is 1.83 bits per heavy atom. The Kier molecular flexibility index (Phi) is 5.85. The van der Waals surface area contributed by atoms with Gasteiger partial charge in [0.05, 0.1) is 5.75 Å². The van der Waals surface area contributed by atoms with Crippen LogP contribution in [0.2, 0.25) is 0 Å². The number of carbonyl (C=O) groups excluding carboxylic acids is 1. The maximum absolute atomic E-state index is 13.3. The molecule has 30 heavy (non-hydrogen) atoms. The quantitative estimate of drug-likeness (QED) is 0.466. The zero-order chi connectivity index (χ0) is 20.9. The van der Waals surface area contributed by atoms with Crippen molar-refractivity contribution in [2.45, 2.75) is 12.1 Å². The molecule has 4 rings (SSSR count). The van der Waals surface area contributed by atoms with Crippen LogP contribution in [0.4, 0.5) is 10.1 Å². The maximum Gasteiger partial charge on any atom is 0.234 e. The third-order valence-corrected chi connectivity index (χ3v) is 5.19. The molecule has 2 heterocycles. The van der Waals surface area contributed by atoms with Crippen LogP contribution in [-0.4, -0.2) is 31.4 Å². The summed E-state index contributed by atoms with van der Waals surface area (Å²) in [5.74, 6) is 0.267. The molecule has 1 amide bonds. The molecule has 1 N–H and O–H groups in total. The van der Waals surface area contributed by atoms with Gasteiger partial charge in [-0.15, -0.1) is 10.2 Å². The fraction of sp³-hybridized carbons (Fsp3) is 0.0909. The molecule has 0 spiro atoms. The highest BCUT2D eigenvalue weighted by Gasteiger charge is 2.17. The number of nitrogens with one attached hydrogen (secondary N) is 1. The molecule has 2 aromatic carbocycles. The van der Waals surface area contributed by atoms with E-state index in [1.807, 2.05) is 47.9 Å². The summed E-state index contributed by atoms with van der Waals surface area (Å²) in [6, 6.07) is 19.2. The summed E-state index contributed by atoms with van der Waals surface area (Å²) < 4.78 is 15.2. The first kappa shape index (κ1) is 19.8. The minimum atomic E-state index is -0.317. The van der Waals surface area contributed by atoms with E-state index < -0.39 is 0 Å². The first-order valence-corrected chi connectivity index (χ1v) is 10.2. The minimum Gasteiger partial charge on any atom is -0.325 e. The molecule has 4 aromatic rings. The van der Waals surface area contributed by atoms with Gasteiger partial charge in [0.2, 0.25) is 5.91 Å². The van der Waals surface area contributed by atoms with Crippen LogP contribution in [0.25, 0.3) is 17.1 Å². The number of aromatic nitrogens is 4. The topological polar surface area (TPSA) is 72.7 Å². The SMILES string of the molecule is Cc1cc(NC(=O)CSc2nnc(-c3ccc(F)cc3)n2-c2ccccc2)ccn1. The molecule has 6 nitrogen and oxygen atoms in total. The highest BCUT2D eigenvalue weighted by molar-refractivity contribution is 7.99. The number of rotatable bonds is 6. The van der Waals surface area contributed by atoms with Crippen LogP contribution in [0.1, 0.15) is 5.69 Å². The molecule has 0 fully saturated rings. The van der Waals surface area contributed by atoms with Crippen LogP contribution >= 0.6 is 11.8 Å². The Bertz CT molecular complexity index is 1160. The smallest absolute Gasteiger partial charge is 0.234 e. The summed E-state index contributed by atoms with van der Waals surface area (Å²) in [5, 5.41) is 12.0. The van der Waals surface area contributed by atoms with Gasteiger partial charge in [0.1, 0.15) is 5.82 Å². The number of halogens is 1. The van der Waals surface area contributed by atoms with Gasteiger partial charge in [-0.1, -0.05) is 30.0 Å². The third-order valence-electron chi connectivity index (χ3n) is 4.26. The molecular weight excluding hydrogens is 401 g/mol. The Morgan fingerprint density at radius 3 is 2.57 bits per heavy atom. The second-order valence-electron chi connectivity index (χ2n) is 6.51. The third kappa shape index (κ3) is 4.55. The zero-order valence-electron chi connectivity index (χ0n) is 16.1. The van der Waals surface area contributed by atoms with Crippen LogP contribution in [-0.2, 0) is 4.79 Å². The predicted molar refractivity (Wildman–Crippen MR) is 115 cm³/mol. The van der Waals surface area contributed by atoms with E-state index in [1.54, 1.807) is 24.4 Å². The highest BCUT2D eigenvalue weighted by atomic mass is 32.2. The number of aryl methyl sites for hydroxylation is 1. The van der Waals surface area contributed by atoms with E-state index in [1.165, 1.54) is 23.9 Å². The second kappa shape index (κ2) is 8.87. The number of thioether (sulfide) groups is 1. The van der Waals surface area contributed by atoms with Crippen LogP contribution in [0.15, 0.2) is 78.1 Å². The molecule has 0 saturated heterocycles. The van der Waals surface area contributed by atoms with Crippen molar-refractivity contribution in [3.63, 3.8) is 0 Å². The number of anilines is 1. The van der Waals surface area contributed by atoms with Crippen molar-refractivity contribution < 1.29 is 9.18 Å². The van der Waals surface area contributed by atoms with Gasteiger partial charge >= 0.3 is 0 Å². The van der Waals surface area contributed by atoms with Crippen molar-refractivity contribution in [1.82, 2.24) is 19.7 Å². The Balaban J connectivity index is 1.58. The fourth-order valence-electron chi connectivity index (χ4n) is 2.91. The lowest BCUT2D eigenvalue weighted by Gasteiger charge is -2.10. The highest BCUT2D eigenvalue weighted by Crippen LogP contribution is 2.28. The van der Waals surface area contributed by atoms with Gasteiger partial charge in [0.25, 0.3) is 0 Å². The standard InChI is InChI=1S/C22H18FN5OS/c1-15-13-18(11-12-24-15)25-20(29)14-30-22-27-26-21(16-7-9-17(23)10-8-16)28(22)19-5-3-2-4-6-19/h2-13H,14H2,1H3,(H,24,25,29). The molecule has 0 aliphatic carbocycles. The number of amides is 1.